The van der Waals surface area contributed by atoms with Gasteiger partial charge in [-0.2, -0.15) is 5.26 Å². The van der Waals surface area contributed by atoms with Crippen molar-refractivity contribution in [1.82, 2.24) is 4.90 Å². The molecule has 1 heterocycles. The van der Waals surface area contributed by atoms with Crippen LogP contribution in [0.25, 0.3) is 0 Å². The van der Waals surface area contributed by atoms with Crippen molar-refractivity contribution in [2.75, 3.05) is 13.1 Å². The van der Waals surface area contributed by atoms with E-state index in [0.717, 1.165) is 0 Å². The van der Waals surface area contributed by atoms with E-state index in [4.69, 9.17) is 5.26 Å². The third-order valence-corrected chi connectivity index (χ3v) is 2.76. The van der Waals surface area contributed by atoms with Crippen molar-refractivity contribution in [3.05, 3.63) is 0 Å². The topological polar surface area (TPSA) is 47.3 Å². The lowest BCUT2D eigenvalue weighted by Gasteiger charge is -2.50. The van der Waals surface area contributed by atoms with Gasteiger partial charge in [-0.1, -0.05) is 13.8 Å². The van der Waals surface area contributed by atoms with Crippen molar-refractivity contribution in [2.45, 2.75) is 32.4 Å². The van der Waals surface area contributed by atoms with Crippen LogP contribution in [0.4, 0.5) is 0 Å². The Kier molecular flexibility index (Phi) is 2.41. The number of likely N-dealkylation sites (tertiary alicyclic amines) is 1. The molecule has 1 unspecified atom stereocenters. The SMILES string of the molecule is CC(C#N)N1CC(O)(C(C)C)C1. The number of nitriles is 1. The van der Waals surface area contributed by atoms with Crippen LogP contribution in [0.15, 0.2) is 0 Å². The van der Waals surface area contributed by atoms with Gasteiger partial charge in [0.25, 0.3) is 0 Å². The minimum absolute atomic E-state index is 0.0657. The first kappa shape index (κ1) is 9.50. The first-order chi connectivity index (χ1) is 5.49. The van der Waals surface area contributed by atoms with E-state index in [2.05, 4.69) is 6.07 Å². The zero-order valence-corrected chi connectivity index (χ0v) is 7.91. The summed E-state index contributed by atoms with van der Waals surface area (Å²) in [6.45, 7) is 7.15. The molecular formula is C9H16N2O. The molecule has 1 saturated heterocycles. The molecule has 0 aliphatic carbocycles. The lowest BCUT2D eigenvalue weighted by atomic mass is 9.82. The molecule has 1 atom stereocenters. The second kappa shape index (κ2) is 3.04. The average molecular weight is 168 g/mol. The number of rotatable bonds is 2. The maximum Gasteiger partial charge on any atom is 0.0951 e. The van der Waals surface area contributed by atoms with E-state index in [1.807, 2.05) is 25.7 Å². The predicted octanol–water partition coefficient (Wildman–Crippen LogP) is 0.601. The van der Waals surface area contributed by atoms with Gasteiger partial charge in [-0.3, -0.25) is 4.90 Å². The van der Waals surface area contributed by atoms with Crippen LogP contribution in [0, 0.1) is 17.2 Å². The van der Waals surface area contributed by atoms with Crippen LogP contribution in [0.2, 0.25) is 0 Å². The highest BCUT2D eigenvalue weighted by Crippen LogP contribution is 2.29. The van der Waals surface area contributed by atoms with Gasteiger partial charge in [0.1, 0.15) is 0 Å². The first-order valence-corrected chi connectivity index (χ1v) is 4.35. The Bertz CT molecular complexity index is 201. The summed E-state index contributed by atoms with van der Waals surface area (Å²) in [7, 11) is 0. The van der Waals surface area contributed by atoms with Gasteiger partial charge in [-0.25, -0.2) is 0 Å². The highest BCUT2D eigenvalue weighted by molar-refractivity contribution is 5.03. The van der Waals surface area contributed by atoms with Gasteiger partial charge in [-0.05, 0) is 12.8 Å². The summed E-state index contributed by atoms with van der Waals surface area (Å²) in [6.07, 6.45) is 0. The molecule has 0 aromatic heterocycles. The van der Waals surface area contributed by atoms with Gasteiger partial charge in [-0.15, -0.1) is 0 Å². The Labute approximate surface area is 73.6 Å². The fraction of sp³-hybridized carbons (Fsp3) is 0.889. The molecule has 3 nitrogen and oxygen atoms in total. The predicted molar refractivity (Wildman–Crippen MR) is 46.4 cm³/mol. The second-order valence-corrected chi connectivity index (χ2v) is 3.97. The summed E-state index contributed by atoms with van der Waals surface area (Å²) >= 11 is 0. The fourth-order valence-electron chi connectivity index (χ4n) is 1.38. The number of β-amino-alcohol motifs (C(OH)–C–C–N with tert-alkyl or cyclic N) is 1. The van der Waals surface area contributed by atoms with E-state index in [1.165, 1.54) is 0 Å². The summed E-state index contributed by atoms with van der Waals surface area (Å²) in [4.78, 5) is 1.99. The lowest BCUT2D eigenvalue weighted by Crippen LogP contribution is -2.66. The monoisotopic (exact) mass is 168 g/mol. The van der Waals surface area contributed by atoms with Crippen LogP contribution in [0.5, 0.6) is 0 Å². The molecule has 1 aliphatic rings. The second-order valence-electron chi connectivity index (χ2n) is 3.97. The number of hydrogen-bond donors (Lipinski definition) is 1. The Morgan fingerprint density at radius 3 is 2.25 bits per heavy atom. The molecule has 0 aromatic rings. The van der Waals surface area contributed by atoms with Crippen molar-refractivity contribution >= 4 is 0 Å². The summed E-state index contributed by atoms with van der Waals surface area (Å²) in [5.41, 5.74) is -0.550. The minimum Gasteiger partial charge on any atom is -0.387 e. The van der Waals surface area contributed by atoms with Crippen LogP contribution in [-0.4, -0.2) is 34.7 Å². The van der Waals surface area contributed by atoms with Gasteiger partial charge >= 0.3 is 0 Å². The first-order valence-electron chi connectivity index (χ1n) is 4.35. The summed E-state index contributed by atoms with van der Waals surface area (Å²) in [5, 5.41) is 18.5. The Morgan fingerprint density at radius 2 is 1.92 bits per heavy atom. The number of nitrogens with zero attached hydrogens (tertiary/aromatic N) is 2. The third kappa shape index (κ3) is 1.45. The van der Waals surface area contributed by atoms with Crippen LogP contribution in [-0.2, 0) is 0 Å². The van der Waals surface area contributed by atoms with E-state index in [9.17, 15) is 5.11 Å². The molecule has 1 fully saturated rings. The van der Waals surface area contributed by atoms with Gasteiger partial charge in [0.2, 0.25) is 0 Å². The zero-order valence-electron chi connectivity index (χ0n) is 7.91. The Hall–Kier alpha value is -0.590. The average Bonchev–Trinajstić information content (AvgIpc) is 1.96. The van der Waals surface area contributed by atoms with E-state index in [-0.39, 0.29) is 12.0 Å². The smallest absolute Gasteiger partial charge is 0.0951 e. The minimum atomic E-state index is -0.550. The fourth-order valence-corrected chi connectivity index (χ4v) is 1.38. The normalized spacial score (nSPS) is 24.7. The van der Waals surface area contributed by atoms with Crippen molar-refractivity contribution < 1.29 is 5.11 Å². The van der Waals surface area contributed by atoms with Crippen molar-refractivity contribution in [2.24, 2.45) is 5.92 Å². The van der Waals surface area contributed by atoms with Gasteiger partial charge in [0, 0.05) is 13.1 Å². The van der Waals surface area contributed by atoms with E-state index in [0.29, 0.717) is 13.1 Å². The number of aliphatic hydroxyl groups is 1. The summed E-state index contributed by atoms with van der Waals surface area (Å²) in [6, 6.07) is 2.09. The van der Waals surface area contributed by atoms with Gasteiger partial charge in [0.05, 0.1) is 17.7 Å². The van der Waals surface area contributed by atoms with E-state index >= 15 is 0 Å². The molecule has 0 spiro atoms. The molecule has 0 amide bonds. The molecule has 12 heavy (non-hydrogen) atoms. The molecule has 1 N–H and O–H groups in total. The van der Waals surface area contributed by atoms with Gasteiger partial charge < -0.3 is 5.11 Å². The summed E-state index contributed by atoms with van der Waals surface area (Å²) in [5.74, 6) is 0.277. The molecule has 68 valence electrons. The lowest BCUT2D eigenvalue weighted by molar-refractivity contribution is -0.133. The van der Waals surface area contributed by atoms with Crippen LogP contribution < -0.4 is 0 Å². The summed E-state index contributed by atoms with van der Waals surface area (Å²) < 4.78 is 0. The Morgan fingerprint density at radius 1 is 1.42 bits per heavy atom. The Balaban J connectivity index is 2.43. The van der Waals surface area contributed by atoms with Crippen LogP contribution in [0.3, 0.4) is 0 Å². The van der Waals surface area contributed by atoms with Crippen molar-refractivity contribution in [3.8, 4) is 6.07 Å². The molecule has 0 bridgehead atoms. The molecule has 0 aromatic carbocycles. The molecule has 1 aliphatic heterocycles. The number of hydrogen-bond acceptors (Lipinski definition) is 3. The van der Waals surface area contributed by atoms with Crippen molar-refractivity contribution in [3.63, 3.8) is 0 Å². The van der Waals surface area contributed by atoms with Gasteiger partial charge in [0.15, 0.2) is 0 Å². The standard InChI is InChI=1S/C9H16N2O/c1-7(2)9(12)5-11(6-9)8(3)4-10/h7-8,12H,5-6H2,1-3H3. The van der Waals surface area contributed by atoms with Crippen LogP contribution in [0.1, 0.15) is 20.8 Å². The maximum absolute atomic E-state index is 9.85. The third-order valence-electron chi connectivity index (χ3n) is 2.76. The van der Waals surface area contributed by atoms with Crippen LogP contribution >= 0.6 is 0 Å². The highest BCUT2D eigenvalue weighted by Gasteiger charge is 2.45. The molecule has 0 radical (unpaired) electrons. The molecule has 0 saturated carbocycles. The maximum atomic E-state index is 9.85. The van der Waals surface area contributed by atoms with E-state index < -0.39 is 5.60 Å². The largest absolute Gasteiger partial charge is 0.387 e. The molecular weight excluding hydrogens is 152 g/mol. The quantitative estimate of drug-likeness (QED) is 0.657. The van der Waals surface area contributed by atoms with E-state index in [1.54, 1.807) is 0 Å². The molecule has 3 heteroatoms. The highest BCUT2D eigenvalue weighted by atomic mass is 16.3. The zero-order chi connectivity index (χ0) is 9.35. The van der Waals surface area contributed by atoms with Crippen molar-refractivity contribution in [1.29, 1.82) is 5.26 Å². The molecule has 1 rings (SSSR count).